The highest BCUT2D eigenvalue weighted by atomic mass is 16.4. The molecule has 3 aromatic rings. The van der Waals surface area contributed by atoms with Crippen molar-refractivity contribution in [3.63, 3.8) is 0 Å². The highest BCUT2D eigenvalue weighted by Gasteiger charge is 2.25. The zero-order chi connectivity index (χ0) is 14.3. The molecule has 2 heterocycles. The molecule has 2 aromatic heterocycles. The van der Waals surface area contributed by atoms with E-state index in [-0.39, 0.29) is 5.41 Å². The van der Waals surface area contributed by atoms with Gasteiger partial charge in [-0.3, -0.25) is 4.79 Å². The smallest absolute Gasteiger partial charge is 0.226 e. The normalized spacial score (nSPS) is 11.9. The summed E-state index contributed by atoms with van der Waals surface area (Å²) in [5.74, 6) is 0.845. The van der Waals surface area contributed by atoms with E-state index in [0.29, 0.717) is 17.9 Å². The number of aldehydes is 1. The minimum Gasteiger partial charge on any atom is -0.435 e. The van der Waals surface area contributed by atoms with Crippen LogP contribution in [0.15, 0.2) is 34.7 Å². The Morgan fingerprint density at radius 1 is 1.25 bits per heavy atom. The van der Waals surface area contributed by atoms with Crippen LogP contribution in [0, 0.1) is 0 Å². The molecule has 0 bridgehead atoms. The zero-order valence-corrected chi connectivity index (χ0v) is 11.6. The van der Waals surface area contributed by atoms with E-state index in [9.17, 15) is 4.79 Å². The van der Waals surface area contributed by atoms with Crippen LogP contribution in [-0.2, 0) is 5.41 Å². The van der Waals surface area contributed by atoms with Crippen molar-refractivity contribution in [2.45, 2.75) is 26.2 Å². The van der Waals surface area contributed by atoms with Crippen molar-refractivity contribution in [2.24, 2.45) is 0 Å². The number of carbonyl (C=O) groups is 1. The van der Waals surface area contributed by atoms with Crippen molar-refractivity contribution in [3.05, 3.63) is 41.7 Å². The van der Waals surface area contributed by atoms with Gasteiger partial charge >= 0.3 is 0 Å². The van der Waals surface area contributed by atoms with E-state index >= 15 is 0 Å². The van der Waals surface area contributed by atoms with Crippen LogP contribution in [0.4, 0.5) is 0 Å². The van der Waals surface area contributed by atoms with Gasteiger partial charge in [0.2, 0.25) is 5.88 Å². The van der Waals surface area contributed by atoms with Gasteiger partial charge in [-0.1, -0.05) is 38.1 Å². The Morgan fingerprint density at radius 2 is 2.00 bits per heavy atom. The summed E-state index contributed by atoms with van der Waals surface area (Å²) in [5.41, 5.74) is 2.41. The number of rotatable bonds is 2. The molecule has 0 spiro atoms. The molecule has 5 nitrogen and oxygen atoms in total. The number of carbonyl (C=O) groups excluding carboxylic acids is 1. The predicted molar refractivity (Wildman–Crippen MR) is 75.2 cm³/mol. The third kappa shape index (κ3) is 1.91. The number of aromatic nitrogens is 3. The van der Waals surface area contributed by atoms with Crippen molar-refractivity contribution < 1.29 is 9.21 Å². The predicted octanol–water partition coefficient (Wildman–Crippen LogP) is 3.12. The third-order valence-corrected chi connectivity index (χ3v) is 3.20. The summed E-state index contributed by atoms with van der Waals surface area (Å²) in [6.07, 6.45) is 0.706. The van der Waals surface area contributed by atoms with Gasteiger partial charge in [-0.05, 0) is 23.6 Å². The lowest BCUT2D eigenvalue weighted by Crippen LogP contribution is -2.13. The first kappa shape index (κ1) is 12.6. The van der Waals surface area contributed by atoms with Crippen molar-refractivity contribution in [2.75, 3.05) is 0 Å². The summed E-state index contributed by atoms with van der Waals surface area (Å²) in [5, 5.41) is 8.26. The quantitative estimate of drug-likeness (QED) is 0.670. The Labute approximate surface area is 116 Å². The van der Waals surface area contributed by atoms with Crippen LogP contribution >= 0.6 is 0 Å². The number of para-hydroxylation sites is 1. The maximum absolute atomic E-state index is 11.0. The Balaban J connectivity index is 2.28. The second kappa shape index (κ2) is 4.30. The topological polar surface area (TPSA) is 60.9 Å². The van der Waals surface area contributed by atoms with E-state index in [1.54, 1.807) is 10.7 Å². The van der Waals surface area contributed by atoms with E-state index in [0.717, 1.165) is 16.6 Å². The summed E-state index contributed by atoms with van der Waals surface area (Å²) in [4.78, 5) is 11.0. The lowest BCUT2D eigenvalue weighted by molar-refractivity contribution is 0.110. The molecule has 20 heavy (non-hydrogen) atoms. The largest absolute Gasteiger partial charge is 0.435 e. The number of furan rings is 1. The summed E-state index contributed by atoms with van der Waals surface area (Å²) in [7, 11) is 0. The number of hydrogen-bond donors (Lipinski definition) is 0. The SMILES string of the molecule is CC(C)(C)c1cc(C=O)oc1-n1nnc2ccccc21. The second-order valence-corrected chi connectivity index (χ2v) is 5.73. The van der Waals surface area contributed by atoms with Crippen LogP contribution in [0.3, 0.4) is 0 Å². The van der Waals surface area contributed by atoms with Gasteiger partial charge in [-0.25, -0.2) is 0 Å². The van der Waals surface area contributed by atoms with Crippen molar-refractivity contribution in [1.82, 2.24) is 15.0 Å². The van der Waals surface area contributed by atoms with Gasteiger partial charge in [0.25, 0.3) is 0 Å². The fourth-order valence-electron chi connectivity index (χ4n) is 2.17. The van der Waals surface area contributed by atoms with Crippen LogP contribution in [0.1, 0.15) is 36.9 Å². The second-order valence-electron chi connectivity index (χ2n) is 5.73. The minimum atomic E-state index is -0.160. The molecule has 0 N–H and O–H groups in total. The molecule has 0 saturated heterocycles. The van der Waals surface area contributed by atoms with E-state index in [1.165, 1.54) is 0 Å². The summed E-state index contributed by atoms with van der Waals surface area (Å²) in [6, 6.07) is 9.40. The van der Waals surface area contributed by atoms with Gasteiger partial charge in [-0.15, -0.1) is 5.10 Å². The van der Waals surface area contributed by atoms with Crippen molar-refractivity contribution in [3.8, 4) is 5.88 Å². The van der Waals surface area contributed by atoms with E-state index in [1.807, 2.05) is 24.3 Å². The van der Waals surface area contributed by atoms with E-state index in [4.69, 9.17) is 4.42 Å². The Hall–Kier alpha value is -2.43. The average Bonchev–Trinajstić information content (AvgIpc) is 3.01. The monoisotopic (exact) mass is 269 g/mol. The molecule has 5 heteroatoms. The van der Waals surface area contributed by atoms with Gasteiger partial charge in [0.15, 0.2) is 12.0 Å². The number of fused-ring (bicyclic) bond motifs is 1. The fourth-order valence-corrected chi connectivity index (χ4v) is 2.17. The molecule has 0 aliphatic heterocycles. The van der Waals surface area contributed by atoms with Gasteiger partial charge < -0.3 is 4.42 Å². The molecule has 0 radical (unpaired) electrons. The summed E-state index contributed by atoms with van der Waals surface area (Å²) >= 11 is 0. The number of benzene rings is 1. The van der Waals surface area contributed by atoms with Crippen LogP contribution in [0.2, 0.25) is 0 Å². The summed E-state index contributed by atoms with van der Waals surface area (Å²) < 4.78 is 7.28. The molecule has 0 aliphatic carbocycles. The standard InChI is InChI=1S/C15H15N3O2/c1-15(2,3)11-8-10(9-19)20-14(11)18-13-7-5-4-6-12(13)16-17-18/h4-9H,1-3H3. The van der Waals surface area contributed by atoms with Crippen molar-refractivity contribution in [1.29, 1.82) is 0 Å². The molecule has 0 aliphatic rings. The van der Waals surface area contributed by atoms with Gasteiger partial charge in [0.1, 0.15) is 5.52 Å². The molecular weight excluding hydrogens is 254 g/mol. The Bertz CT molecular complexity index is 778. The van der Waals surface area contributed by atoms with Crippen LogP contribution in [0.25, 0.3) is 16.9 Å². The number of hydrogen-bond acceptors (Lipinski definition) is 4. The molecule has 3 rings (SSSR count). The third-order valence-electron chi connectivity index (χ3n) is 3.20. The highest BCUT2D eigenvalue weighted by Crippen LogP contribution is 2.32. The van der Waals surface area contributed by atoms with Gasteiger partial charge in [-0.2, -0.15) is 4.68 Å². The van der Waals surface area contributed by atoms with Crippen LogP contribution < -0.4 is 0 Å². The highest BCUT2D eigenvalue weighted by molar-refractivity contribution is 5.77. The lowest BCUT2D eigenvalue weighted by Gasteiger charge is -2.17. The number of nitrogens with zero attached hydrogens (tertiary/aromatic N) is 3. The molecule has 102 valence electrons. The first-order valence-corrected chi connectivity index (χ1v) is 6.41. The Kier molecular flexibility index (Phi) is 2.71. The maximum Gasteiger partial charge on any atom is 0.226 e. The average molecular weight is 269 g/mol. The lowest BCUT2D eigenvalue weighted by atomic mass is 9.88. The van der Waals surface area contributed by atoms with Crippen LogP contribution in [0.5, 0.6) is 0 Å². The molecule has 1 aromatic carbocycles. The summed E-state index contributed by atoms with van der Waals surface area (Å²) in [6.45, 7) is 6.19. The molecule has 0 atom stereocenters. The van der Waals surface area contributed by atoms with Gasteiger partial charge in [0, 0.05) is 5.56 Å². The molecular formula is C15H15N3O2. The van der Waals surface area contributed by atoms with Gasteiger partial charge in [0.05, 0.1) is 5.52 Å². The molecule has 0 saturated carbocycles. The fraction of sp³-hybridized carbons (Fsp3) is 0.267. The molecule has 0 amide bonds. The Morgan fingerprint density at radius 3 is 2.70 bits per heavy atom. The molecule has 0 fully saturated rings. The minimum absolute atomic E-state index is 0.160. The zero-order valence-electron chi connectivity index (χ0n) is 11.6. The first-order valence-electron chi connectivity index (χ1n) is 6.41. The maximum atomic E-state index is 11.0. The van der Waals surface area contributed by atoms with E-state index < -0.39 is 0 Å². The van der Waals surface area contributed by atoms with E-state index in [2.05, 4.69) is 31.1 Å². The molecule has 0 unspecified atom stereocenters. The van der Waals surface area contributed by atoms with Crippen LogP contribution in [-0.4, -0.2) is 21.3 Å². The first-order chi connectivity index (χ1) is 9.50. The van der Waals surface area contributed by atoms with Crippen molar-refractivity contribution >= 4 is 17.3 Å².